The summed E-state index contributed by atoms with van der Waals surface area (Å²) in [4.78, 5) is 23.7. The van der Waals surface area contributed by atoms with Gasteiger partial charge in [-0.05, 0) is 37.1 Å². The molecule has 0 bridgehead atoms. The van der Waals surface area contributed by atoms with Gasteiger partial charge in [0.25, 0.3) is 5.91 Å². The Bertz CT molecular complexity index is 1190. The van der Waals surface area contributed by atoms with Crippen LogP contribution < -0.4 is 5.32 Å². The zero-order valence-corrected chi connectivity index (χ0v) is 17.0. The predicted octanol–water partition coefficient (Wildman–Crippen LogP) is 4.34. The average molecular weight is 417 g/mol. The number of carboxylic acid groups (broad SMARTS) is 1. The van der Waals surface area contributed by atoms with E-state index in [2.05, 4.69) is 5.32 Å². The van der Waals surface area contributed by atoms with E-state index in [-0.39, 0.29) is 23.3 Å². The predicted molar refractivity (Wildman–Crippen MR) is 115 cm³/mol. The molecule has 2 N–H and O–H groups in total. The van der Waals surface area contributed by atoms with Crippen molar-refractivity contribution < 1.29 is 19.1 Å². The Balaban J connectivity index is 1.62. The fourth-order valence-corrected chi connectivity index (χ4v) is 4.08. The number of rotatable bonds is 6. The van der Waals surface area contributed by atoms with Crippen LogP contribution in [0.5, 0.6) is 0 Å². The maximum atomic E-state index is 12.7. The van der Waals surface area contributed by atoms with E-state index in [0.29, 0.717) is 12.3 Å². The number of hydrogen-bond donors (Lipinski definition) is 2. The Morgan fingerprint density at radius 1 is 1.19 bits per heavy atom. The van der Waals surface area contributed by atoms with Crippen molar-refractivity contribution in [2.24, 2.45) is 0 Å². The number of amides is 1. The molecule has 0 radical (unpaired) electrons. The maximum absolute atomic E-state index is 12.7. The number of nitrogens with one attached hydrogen (secondary N) is 1. The summed E-state index contributed by atoms with van der Waals surface area (Å²) in [5.74, 6) is -1.07. The number of aromatic nitrogens is 1. The number of carbonyl (C=O) groups excluding carboxylic acids is 1. The largest absolute Gasteiger partial charge is 0.475 e. The van der Waals surface area contributed by atoms with Gasteiger partial charge in [0.05, 0.1) is 6.54 Å². The standard InChI is InChI=1S/C24H23N3O4/c25-13-16(23(28)26-18-6-2-1-3-7-18)12-17-14-27(21-9-5-4-8-20(17)21)15-19-10-11-22(31-19)24(29)30/h4-5,8-12,14,18H,1-3,6-7,15H2,(H,26,28)(H,29,30)/b16-12+. The molecule has 2 heterocycles. The number of fused-ring (bicyclic) bond motifs is 1. The minimum absolute atomic E-state index is 0.0691. The molecule has 1 aliphatic carbocycles. The summed E-state index contributed by atoms with van der Waals surface area (Å²) in [5.41, 5.74) is 1.71. The highest BCUT2D eigenvalue weighted by Crippen LogP contribution is 2.25. The highest BCUT2D eigenvalue weighted by atomic mass is 16.4. The number of hydrogen-bond acceptors (Lipinski definition) is 4. The average Bonchev–Trinajstić information content (AvgIpc) is 3.38. The lowest BCUT2D eigenvalue weighted by Gasteiger charge is -2.22. The van der Waals surface area contributed by atoms with Gasteiger partial charge in [0.15, 0.2) is 0 Å². The van der Waals surface area contributed by atoms with Gasteiger partial charge in [-0.25, -0.2) is 4.79 Å². The van der Waals surface area contributed by atoms with Gasteiger partial charge in [0.2, 0.25) is 5.76 Å². The van der Waals surface area contributed by atoms with Crippen molar-refractivity contribution in [3.63, 3.8) is 0 Å². The van der Waals surface area contributed by atoms with Crippen LogP contribution in [0.3, 0.4) is 0 Å². The van der Waals surface area contributed by atoms with E-state index < -0.39 is 5.97 Å². The normalized spacial score (nSPS) is 15.0. The van der Waals surface area contributed by atoms with Crippen LogP contribution in [0.2, 0.25) is 0 Å². The van der Waals surface area contributed by atoms with E-state index in [0.717, 1.165) is 42.1 Å². The Morgan fingerprint density at radius 3 is 2.68 bits per heavy atom. The number of para-hydroxylation sites is 1. The number of nitrogens with zero attached hydrogens (tertiary/aromatic N) is 2. The van der Waals surface area contributed by atoms with Crippen molar-refractivity contribution in [3.05, 3.63) is 65.3 Å². The molecular weight excluding hydrogens is 394 g/mol. The molecule has 31 heavy (non-hydrogen) atoms. The molecule has 1 aromatic carbocycles. The van der Waals surface area contributed by atoms with E-state index >= 15 is 0 Å². The van der Waals surface area contributed by atoms with Crippen molar-refractivity contribution in [2.45, 2.75) is 44.7 Å². The maximum Gasteiger partial charge on any atom is 0.371 e. The zero-order valence-electron chi connectivity index (χ0n) is 17.0. The SMILES string of the molecule is N#C/C(=C\c1cn(Cc2ccc(C(=O)O)o2)c2ccccc12)C(=O)NC1CCCCC1. The first-order valence-electron chi connectivity index (χ1n) is 10.4. The fourth-order valence-electron chi connectivity index (χ4n) is 4.08. The second-order valence-electron chi connectivity index (χ2n) is 7.78. The van der Waals surface area contributed by atoms with Crippen LogP contribution >= 0.6 is 0 Å². The molecule has 158 valence electrons. The molecule has 3 aromatic rings. The van der Waals surface area contributed by atoms with Gasteiger partial charge < -0.3 is 19.4 Å². The van der Waals surface area contributed by atoms with Gasteiger partial charge in [-0.15, -0.1) is 0 Å². The van der Waals surface area contributed by atoms with Crippen LogP contribution in [0.25, 0.3) is 17.0 Å². The van der Waals surface area contributed by atoms with Crippen molar-refractivity contribution in [2.75, 3.05) is 0 Å². The minimum Gasteiger partial charge on any atom is -0.475 e. The summed E-state index contributed by atoms with van der Waals surface area (Å²) in [5, 5.41) is 22.5. The summed E-state index contributed by atoms with van der Waals surface area (Å²) in [7, 11) is 0. The lowest BCUT2D eigenvalue weighted by atomic mass is 9.95. The molecule has 0 spiro atoms. The minimum atomic E-state index is -1.12. The number of carbonyl (C=O) groups is 2. The Hall–Kier alpha value is -3.79. The summed E-state index contributed by atoms with van der Waals surface area (Å²) in [6, 6.07) is 12.9. The fraction of sp³-hybridized carbons (Fsp3) is 0.292. The lowest BCUT2D eigenvalue weighted by Crippen LogP contribution is -2.36. The van der Waals surface area contributed by atoms with Crippen LogP contribution in [0.15, 0.2) is 52.6 Å². The van der Waals surface area contributed by atoms with Crippen LogP contribution in [0.4, 0.5) is 0 Å². The highest BCUT2D eigenvalue weighted by molar-refractivity contribution is 6.04. The van der Waals surface area contributed by atoms with Crippen molar-refractivity contribution >= 4 is 28.9 Å². The molecule has 7 heteroatoms. The quantitative estimate of drug-likeness (QED) is 0.458. The first-order chi connectivity index (χ1) is 15.0. The number of nitriles is 1. The summed E-state index contributed by atoms with van der Waals surface area (Å²) >= 11 is 0. The van der Waals surface area contributed by atoms with Gasteiger partial charge in [0, 0.05) is 28.7 Å². The van der Waals surface area contributed by atoms with E-state index in [1.807, 2.05) is 41.1 Å². The molecule has 0 unspecified atom stereocenters. The van der Waals surface area contributed by atoms with E-state index in [1.54, 1.807) is 12.1 Å². The zero-order chi connectivity index (χ0) is 21.8. The van der Waals surface area contributed by atoms with Crippen molar-refractivity contribution in [3.8, 4) is 6.07 Å². The van der Waals surface area contributed by atoms with Crippen molar-refractivity contribution in [1.29, 1.82) is 5.26 Å². The number of furan rings is 1. The molecule has 1 amide bonds. The molecule has 0 aliphatic heterocycles. The molecular formula is C24H23N3O4. The van der Waals surface area contributed by atoms with Gasteiger partial charge in [0.1, 0.15) is 17.4 Å². The first kappa shape index (κ1) is 20.5. The summed E-state index contributed by atoms with van der Waals surface area (Å²) in [6.45, 7) is 0.331. The Morgan fingerprint density at radius 2 is 1.97 bits per heavy atom. The third-order valence-corrected chi connectivity index (χ3v) is 5.62. The molecule has 1 aliphatic rings. The molecule has 7 nitrogen and oxygen atoms in total. The monoisotopic (exact) mass is 417 g/mol. The molecule has 0 atom stereocenters. The molecule has 1 fully saturated rings. The number of aromatic carboxylic acids is 1. The first-order valence-corrected chi connectivity index (χ1v) is 10.4. The van der Waals surface area contributed by atoms with Crippen LogP contribution in [0.1, 0.15) is 54.0 Å². The van der Waals surface area contributed by atoms with Crippen LogP contribution in [-0.2, 0) is 11.3 Å². The summed E-state index contributed by atoms with van der Waals surface area (Å²) in [6.07, 6.45) is 8.74. The number of benzene rings is 1. The van der Waals surface area contributed by atoms with Gasteiger partial charge >= 0.3 is 5.97 Å². The highest BCUT2D eigenvalue weighted by Gasteiger charge is 2.19. The lowest BCUT2D eigenvalue weighted by molar-refractivity contribution is -0.117. The molecule has 4 rings (SSSR count). The number of carboxylic acids is 1. The second kappa shape index (κ2) is 8.92. The van der Waals surface area contributed by atoms with E-state index in [9.17, 15) is 14.9 Å². The summed E-state index contributed by atoms with van der Waals surface area (Å²) < 4.78 is 7.30. The topological polar surface area (TPSA) is 108 Å². The van der Waals surface area contributed by atoms with Gasteiger partial charge in [-0.3, -0.25) is 4.79 Å². The Labute approximate surface area is 179 Å². The molecule has 0 saturated heterocycles. The third kappa shape index (κ3) is 4.53. The van der Waals surface area contributed by atoms with E-state index in [4.69, 9.17) is 9.52 Å². The van der Waals surface area contributed by atoms with Crippen LogP contribution in [0, 0.1) is 11.3 Å². The molecule has 2 aromatic heterocycles. The third-order valence-electron chi connectivity index (χ3n) is 5.62. The van der Waals surface area contributed by atoms with Crippen molar-refractivity contribution in [1.82, 2.24) is 9.88 Å². The smallest absolute Gasteiger partial charge is 0.371 e. The van der Waals surface area contributed by atoms with Crippen LogP contribution in [-0.4, -0.2) is 27.6 Å². The van der Waals surface area contributed by atoms with Gasteiger partial charge in [-0.2, -0.15) is 5.26 Å². The second-order valence-corrected chi connectivity index (χ2v) is 7.78. The Kier molecular flexibility index (Phi) is 5.89. The van der Waals surface area contributed by atoms with Gasteiger partial charge in [-0.1, -0.05) is 37.5 Å². The van der Waals surface area contributed by atoms with E-state index in [1.165, 1.54) is 12.5 Å². The molecule has 1 saturated carbocycles.